The molecule has 1 amide bonds. The molecule has 5 heteroatoms. The number of amides is 1. The molecule has 1 N–H and O–H groups in total. The van der Waals surface area contributed by atoms with Gasteiger partial charge in [0.05, 0.1) is 11.6 Å². The van der Waals surface area contributed by atoms with Crippen LogP contribution in [0.25, 0.3) is 0 Å². The Bertz CT molecular complexity index is 561. The van der Waals surface area contributed by atoms with Crippen molar-refractivity contribution in [2.75, 3.05) is 13.1 Å². The molecule has 0 bridgehead atoms. The summed E-state index contributed by atoms with van der Waals surface area (Å²) in [6, 6.07) is 0.412. The molecule has 2 aliphatic rings. The van der Waals surface area contributed by atoms with E-state index < -0.39 is 0 Å². The number of rotatable bonds is 4. The first-order chi connectivity index (χ1) is 11.0. The second kappa shape index (κ2) is 6.63. The zero-order valence-electron chi connectivity index (χ0n) is 14.8. The number of hydrogen-bond donors (Lipinski definition) is 1. The van der Waals surface area contributed by atoms with Crippen LogP contribution in [0.15, 0.2) is 6.20 Å². The zero-order valence-corrected chi connectivity index (χ0v) is 14.8. The van der Waals surface area contributed by atoms with Gasteiger partial charge in [-0.15, -0.1) is 0 Å². The van der Waals surface area contributed by atoms with Gasteiger partial charge in [0.1, 0.15) is 0 Å². The van der Waals surface area contributed by atoms with Crippen molar-refractivity contribution in [3.05, 3.63) is 17.5 Å². The van der Waals surface area contributed by atoms with Crippen LogP contribution in [0, 0.1) is 12.3 Å². The summed E-state index contributed by atoms with van der Waals surface area (Å²) < 4.78 is 1.92. The SMILES string of the molecule is Cc1c(CN2CCC[C@](C)(C(=O)NC3CCCC3)C2)cnn1C. The quantitative estimate of drug-likeness (QED) is 0.927. The summed E-state index contributed by atoms with van der Waals surface area (Å²) in [4.78, 5) is 15.2. The number of hydrogen-bond acceptors (Lipinski definition) is 3. The van der Waals surface area contributed by atoms with E-state index in [4.69, 9.17) is 0 Å². The van der Waals surface area contributed by atoms with Gasteiger partial charge in [-0.3, -0.25) is 14.4 Å². The van der Waals surface area contributed by atoms with Gasteiger partial charge < -0.3 is 5.32 Å². The third-order valence-corrected chi connectivity index (χ3v) is 5.74. The number of nitrogens with one attached hydrogen (secondary N) is 1. The van der Waals surface area contributed by atoms with Gasteiger partial charge in [-0.25, -0.2) is 0 Å². The van der Waals surface area contributed by atoms with Gasteiger partial charge in [0.2, 0.25) is 5.91 Å². The van der Waals surface area contributed by atoms with Gasteiger partial charge in [0, 0.05) is 37.4 Å². The van der Waals surface area contributed by atoms with Crippen molar-refractivity contribution < 1.29 is 4.79 Å². The minimum atomic E-state index is -0.253. The van der Waals surface area contributed by atoms with Crippen LogP contribution in [0.5, 0.6) is 0 Å². The molecule has 0 unspecified atom stereocenters. The molecule has 0 spiro atoms. The minimum Gasteiger partial charge on any atom is -0.353 e. The van der Waals surface area contributed by atoms with E-state index in [0.29, 0.717) is 6.04 Å². The lowest BCUT2D eigenvalue weighted by atomic mass is 9.80. The first-order valence-electron chi connectivity index (χ1n) is 8.99. The van der Waals surface area contributed by atoms with Crippen molar-refractivity contribution in [2.24, 2.45) is 12.5 Å². The topological polar surface area (TPSA) is 50.2 Å². The molecular weight excluding hydrogens is 288 g/mol. The maximum absolute atomic E-state index is 12.8. The molecular formula is C18H30N4O. The molecule has 23 heavy (non-hydrogen) atoms. The molecule has 1 aliphatic carbocycles. The third kappa shape index (κ3) is 3.60. The Balaban J connectivity index is 1.62. The van der Waals surface area contributed by atoms with Crippen LogP contribution in [-0.2, 0) is 18.4 Å². The maximum atomic E-state index is 12.8. The summed E-state index contributed by atoms with van der Waals surface area (Å²) in [6.45, 7) is 7.06. The highest BCUT2D eigenvalue weighted by Gasteiger charge is 2.38. The Morgan fingerprint density at radius 1 is 1.39 bits per heavy atom. The first kappa shape index (κ1) is 16.5. The summed E-state index contributed by atoms with van der Waals surface area (Å²) in [5.41, 5.74) is 2.23. The Hall–Kier alpha value is -1.36. The second-order valence-corrected chi connectivity index (χ2v) is 7.71. The van der Waals surface area contributed by atoms with Crippen LogP contribution >= 0.6 is 0 Å². The standard InChI is InChI=1S/C18H30N4O/c1-14-15(11-19-21(14)3)12-22-10-6-9-18(2,13-22)17(23)20-16-7-4-5-8-16/h11,16H,4-10,12-13H2,1-3H3,(H,20,23)/t18-/m0/s1. The number of carbonyl (C=O) groups excluding carboxylic acids is 1. The van der Waals surface area contributed by atoms with E-state index in [-0.39, 0.29) is 11.3 Å². The highest BCUT2D eigenvalue weighted by molar-refractivity contribution is 5.82. The molecule has 128 valence electrons. The summed E-state index contributed by atoms with van der Waals surface area (Å²) in [6.07, 6.45) is 8.87. The van der Waals surface area contributed by atoms with Crippen LogP contribution in [0.3, 0.4) is 0 Å². The van der Waals surface area contributed by atoms with Gasteiger partial charge in [-0.1, -0.05) is 12.8 Å². The smallest absolute Gasteiger partial charge is 0.227 e. The molecule has 3 rings (SSSR count). The summed E-state index contributed by atoms with van der Waals surface area (Å²) in [7, 11) is 1.98. The van der Waals surface area contributed by atoms with Crippen LogP contribution in [-0.4, -0.2) is 39.7 Å². The first-order valence-corrected chi connectivity index (χ1v) is 8.99. The predicted molar refractivity (Wildman–Crippen MR) is 91.0 cm³/mol. The average molecular weight is 318 g/mol. The van der Waals surface area contributed by atoms with E-state index in [9.17, 15) is 4.79 Å². The summed E-state index contributed by atoms with van der Waals surface area (Å²) in [5, 5.41) is 7.64. The molecule has 1 saturated carbocycles. The summed E-state index contributed by atoms with van der Waals surface area (Å²) in [5.74, 6) is 0.261. The third-order valence-electron chi connectivity index (χ3n) is 5.74. The van der Waals surface area contributed by atoms with Crippen molar-refractivity contribution in [3.8, 4) is 0 Å². The van der Waals surface area contributed by atoms with Gasteiger partial charge in [0.15, 0.2) is 0 Å². The average Bonchev–Trinajstić information content (AvgIpc) is 3.13. The molecule has 2 fully saturated rings. The van der Waals surface area contributed by atoms with Crippen LogP contribution in [0.1, 0.15) is 56.7 Å². The molecule has 0 aromatic carbocycles. The van der Waals surface area contributed by atoms with Gasteiger partial charge in [-0.2, -0.15) is 5.10 Å². The molecule has 0 radical (unpaired) electrons. The number of nitrogens with zero attached hydrogens (tertiary/aromatic N) is 3. The molecule has 1 aliphatic heterocycles. The highest BCUT2D eigenvalue weighted by atomic mass is 16.2. The van der Waals surface area contributed by atoms with Crippen molar-refractivity contribution in [1.29, 1.82) is 0 Å². The van der Waals surface area contributed by atoms with Gasteiger partial charge >= 0.3 is 0 Å². The lowest BCUT2D eigenvalue weighted by molar-refractivity contribution is -0.134. The monoisotopic (exact) mass is 318 g/mol. The largest absolute Gasteiger partial charge is 0.353 e. The Labute approximate surface area is 139 Å². The van der Waals surface area contributed by atoms with Crippen molar-refractivity contribution in [3.63, 3.8) is 0 Å². The Kier molecular flexibility index (Phi) is 4.76. The van der Waals surface area contributed by atoms with E-state index in [1.54, 1.807) is 0 Å². The number of likely N-dealkylation sites (tertiary alicyclic amines) is 1. The van der Waals surface area contributed by atoms with E-state index in [0.717, 1.165) is 45.3 Å². The molecule has 1 aromatic rings. The molecule has 2 heterocycles. The van der Waals surface area contributed by atoms with E-state index in [2.05, 4.69) is 29.2 Å². The van der Waals surface area contributed by atoms with E-state index in [1.165, 1.54) is 24.1 Å². The fraction of sp³-hybridized carbons (Fsp3) is 0.778. The number of aryl methyl sites for hydroxylation is 1. The van der Waals surface area contributed by atoms with Crippen molar-refractivity contribution >= 4 is 5.91 Å². The molecule has 1 atom stereocenters. The predicted octanol–water partition coefficient (Wildman–Crippen LogP) is 2.39. The Morgan fingerprint density at radius 2 is 2.13 bits per heavy atom. The second-order valence-electron chi connectivity index (χ2n) is 7.71. The van der Waals surface area contributed by atoms with Crippen molar-refractivity contribution in [1.82, 2.24) is 20.0 Å². The van der Waals surface area contributed by atoms with Gasteiger partial charge in [0.25, 0.3) is 0 Å². The van der Waals surface area contributed by atoms with Crippen LogP contribution in [0.2, 0.25) is 0 Å². The maximum Gasteiger partial charge on any atom is 0.227 e. The fourth-order valence-electron chi connectivity index (χ4n) is 4.03. The lowest BCUT2D eigenvalue weighted by Crippen LogP contribution is -2.51. The van der Waals surface area contributed by atoms with Gasteiger partial charge in [-0.05, 0) is 46.1 Å². The Morgan fingerprint density at radius 3 is 2.78 bits per heavy atom. The molecule has 5 nitrogen and oxygen atoms in total. The van der Waals surface area contributed by atoms with Crippen LogP contribution < -0.4 is 5.32 Å². The van der Waals surface area contributed by atoms with Crippen molar-refractivity contribution in [2.45, 2.75) is 65.0 Å². The summed E-state index contributed by atoms with van der Waals surface area (Å²) >= 11 is 0. The lowest BCUT2D eigenvalue weighted by Gasteiger charge is -2.39. The molecule has 1 saturated heterocycles. The normalized spacial score (nSPS) is 26.6. The molecule has 1 aromatic heterocycles. The fourth-order valence-corrected chi connectivity index (χ4v) is 4.03. The van der Waals surface area contributed by atoms with E-state index in [1.807, 2.05) is 17.9 Å². The zero-order chi connectivity index (χ0) is 16.4. The van der Waals surface area contributed by atoms with Crippen LogP contribution in [0.4, 0.5) is 0 Å². The number of piperidine rings is 1. The van der Waals surface area contributed by atoms with E-state index >= 15 is 0 Å². The number of aromatic nitrogens is 2. The number of carbonyl (C=O) groups is 1. The highest BCUT2D eigenvalue weighted by Crippen LogP contribution is 2.31. The minimum absolute atomic E-state index is 0.253.